The van der Waals surface area contributed by atoms with Gasteiger partial charge in [0.2, 0.25) is 0 Å². The third-order valence-corrected chi connectivity index (χ3v) is 9.33. The number of hydrogen-bond acceptors (Lipinski definition) is 4. The predicted octanol–water partition coefficient (Wildman–Crippen LogP) is 11.6. The van der Waals surface area contributed by atoms with Crippen LogP contribution in [0.5, 0.6) is 0 Å². The molecule has 0 aromatic rings. The smallest absolute Gasteiger partial charge is 0.306 e. The monoisotopic (exact) mass is 590 g/mol. The lowest BCUT2D eigenvalue weighted by Gasteiger charge is -2.27. The van der Waals surface area contributed by atoms with E-state index in [0.29, 0.717) is 13.2 Å². The molecule has 40 heavy (non-hydrogen) atoms. The van der Waals surface area contributed by atoms with Gasteiger partial charge in [0.15, 0.2) is 0 Å². The van der Waals surface area contributed by atoms with Gasteiger partial charge < -0.3 is 9.79 Å². The zero-order valence-corrected chi connectivity index (χ0v) is 28.5. The van der Waals surface area contributed by atoms with Gasteiger partial charge in [0.1, 0.15) is 0 Å². The van der Waals surface area contributed by atoms with Gasteiger partial charge in [0.25, 0.3) is 0 Å². The van der Waals surface area contributed by atoms with Crippen molar-refractivity contribution in [3.8, 4) is 0 Å². The van der Waals surface area contributed by atoms with E-state index >= 15 is 0 Å². The summed E-state index contributed by atoms with van der Waals surface area (Å²) in [7, 11) is 0.529. The van der Waals surface area contributed by atoms with E-state index in [9.17, 15) is 9.46 Å². The first-order chi connectivity index (χ1) is 19.4. The lowest BCUT2D eigenvalue weighted by Crippen LogP contribution is -2.29. The Morgan fingerprint density at radius 2 is 0.850 bits per heavy atom. The van der Waals surface area contributed by atoms with Crippen LogP contribution in [0.25, 0.3) is 0 Å². The van der Waals surface area contributed by atoms with Crippen LogP contribution in [0.15, 0.2) is 0 Å². The Morgan fingerprint density at radius 1 is 0.550 bits per heavy atom. The van der Waals surface area contributed by atoms with Crippen LogP contribution in [0, 0.1) is 0 Å². The van der Waals surface area contributed by atoms with E-state index in [1.165, 1.54) is 148 Å². The molecule has 5 nitrogen and oxygen atoms in total. The highest BCUT2D eigenvalue weighted by atomic mass is 31.2. The molecule has 0 bridgehead atoms. The Kier molecular flexibility index (Phi) is 30.6. The molecule has 1 aliphatic carbocycles. The molecule has 0 spiro atoms. The number of phosphoric acid groups is 1. The highest BCUT2D eigenvalue weighted by Gasteiger charge is 2.20. The quantitative estimate of drug-likeness (QED) is 0.0763. The minimum Gasteiger partial charge on any atom is -0.306 e. The highest BCUT2D eigenvalue weighted by Crippen LogP contribution is 2.43. The second kappa shape index (κ2) is 30.5. The Morgan fingerprint density at radius 3 is 1.12 bits per heavy atom. The Balaban J connectivity index is 0.00000141. The number of hydrogen-bond donors (Lipinski definition) is 1. The van der Waals surface area contributed by atoms with Crippen LogP contribution in [0.4, 0.5) is 0 Å². The number of rotatable bonds is 27. The third kappa shape index (κ3) is 29.6. The molecule has 1 rings (SSSR count). The minimum absolute atomic E-state index is 0.322. The summed E-state index contributed by atoms with van der Waals surface area (Å²) in [6, 6.07) is 0.888. The fraction of sp³-hybridized carbons (Fsp3) is 1.00. The first-order valence-corrected chi connectivity index (χ1v) is 19.2. The number of unbranched alkanes of at least 4 members (excludes halogenated alkanes) is 20. The van der Waals surface area contributed by atoms with Crippen LogP contribution in [0.1, 0.15) is 187 Å². The van der Waals surface area contributed by atoms with Crippen LogP contribution in [0.2, 0.25) is 0 Å². The van der Waals surface area contributed by atoms with Crippen LogP contribution in [0.3, 0.4) is 0 Å². The normalized spacial score (nSPS) is 14.4. The zero-order valence-electron chi connectivity index (χ0n) is 27.6. The summed E-state index contributed by atoms with van der Waals surface area (Å²) >= 11 is 0. The van der Waals surface area contributed by atoms with Crippen LogP contribution in [-0.2, 0) is 13.6 Å². The van der Waals surface area contributed by atoms with Crippen molar-refractivity contribution >= 4 is 7.82 Å². The third-order valence-electron chi connectivity index (χ3n) is 8.31. The molecule has 0 unspecified atom stereocenters. The SMILES string of the molecule is CCCCCCCCCCCCCOP(=O)(O)OCCCCCCCCCCCCC.CN(C)C1CCCCC1. The minimum atomic E-state index is -3.85. The first kappa shape index (κ1) is 40.1. The van der Waals surface area contributed by atoms with E-state index in [1.807, 2.05) is 0 Å². The van der Waals surface area contributed by atoms with Gasteiger partial charge in [-0.05, 0) is 39.8 Å². The molecule has 1 N–H and O–H groups in total. The van der Waals surface area contributed by atoms with Gasteiger partial charge in [-0.1, -0.05) is 162 Å². The average Bonchev–Trinajstić information content (AvgIpc) is 2.95. The molecular formula is C34H72NO4P. The summed E-state index contributed by atoms with van der Waals surface area (Å²) in [5.41, 5.74) is 0. The molecule has 242 valence electrons. The molecule has 1 aliphatic rings. The molecule has 0 aliphatic heterocycles. The topological polar surface area (TPSA) is 59.0 Å². The second-order valence-corrected chi connectivity index (χ2v) is 13.9. The standard InChI is InChI=1S/C26H55O4P.C8H17N/c1-3-5-7-9-11-13-15-17-19-21-23-25-29-31(27,28)30-26-24-22-20-18-16-14-12-10-8-6-4-2;1-9(2)8-6-4-3-5-7-8/h3-26H2,1-2H3,(H,27,28);8H,3-7H2,1-2H3. The van der Waals surface area contributed by atoms with Crippen LogP contribution in [-0.4, -0.2) is 43.1 Å². The van der Waals surface area contributed by atoms with Gasteiger partial charge in [0.05, 0.1) is 13.2 Å². The molecule has 1 saturated carbocycles. The summed E-state index contributed by atoms with van der Waals surface area (Å²) in [5.74, 6) is 0. The molecule has 0 aromatic carbocycles. The average molecular weight is 590 g/mol. The number of phosphoric ester groups is 1. The second-order valence-electron chi connectivity index (χ2n) is 12.5. The Labute approximate surface area is 251 Å². The lowest BCUT2D eigenvalue weighted by molar-refractivity contribution is 0.145. The van der Waals surface area contributed by atoms with Crippen molar-refractivity contribution in [1.82, 2.24) is 4.90 Å². The van der Waals surface area contributed by atoms with Gasteiger partial charge in [-0.2, -0.15) is 0 Å². The maximum absolute atomic E-state index is 11.9. The van der Waals surface area contributed by atoms with E-state index in [0.717, 1.165) is 31.7 Å². The van der Waals surface area contributed by atoms with E-state index < -0.39 is 7.82 Å². The molecule has 1 fully saturated rings. The fourth-order valence-electron chi connectivity index (χ4n) is 5.53. The van der Waals surface area contributed by atoms with Crippen molar-refractivity contribution in [1.29, 1.82) is 0 Å². The Bertz CT molecular complexity index is 508. The van der Waals surface area contributed by atoms with Crippen molar-refractivity contribution in [3.63, 3.8) is 0 Å². The molecule has 0 radical (unpaired) electrons. The van der Waals surface area contributed by atoms with Gasteiger partial charge >= 0.3 is 7.82 Å². The molecule has 0 heterocycles. The first-order valence-electron chi connectivity index (χ1n) is 17.7. The van der Waals surface area contributed by atoms with E-state index in [1.54, 1.807) is 0 Å². The summed E-state index contributed by atoms with van der Waals surface area (Å²) in [6.45, 7) is 5.15. The van der Waals surface area contributed by atoms with Gasteiger partial charge in [-0.15, -0.1) is 0 Å². The maximum atomic E-state index is 11.9. The molecule has 6 heteroatoms. The van der Waals surface area contributed by atoms with Crippen LogP contribution >= 0.6 is 7.82 Å². The fourth-order valence-corrected chi connectivity index (χ4v) is 6.32. The van der Waals surface area contributed by atoms with Crippen molar-refractivity contribution in [2.75, 3.05) is 27.3 Å². The number of nitrogens with zero attached hydrogens (tertiary/aromatic N) is 1. The van der Waals surface area contributed by atoms with Crippen molar-refractivity contribution < 1.29 is 18.5 Å². The van der Waals surface area contributed by atoms with E-state index in [4.69, 9.17) is 9.05 Å². The predicted molar refractivity (Wildman–Crippen MR) is 175 cm³/mol. The summed E-state index contributed by atoms with van der Waals surface area (Å²) in [4.78, 5) is 12.1. The summed E-state index contributed by atoms with van der Waals surface area (Å²) in [6.07, 6.45) is 34.9. The lowest BCUT2D eigenvalue weighted by atomic mass is 9.95. The van der Waals surface area contributed by atoms with Crippen LogP contribution < -0.4 is 0 Å². The molecule has 0 aromatic heterocycles. The molecule has 0 atom stereocenters. The van der Waals surface area contributed by atoms with Gasteiger partial charge in [0, 0.05) is 6.04 Å². The van der Waals surface area contributed by atoms with Crippen molar-refractivity contribution in [2.24, 2.45) is 0 Å². The van der Waals surface area contributed by atoms with Gasteiger partial charge in [-0.25, -0.2) is 4.57 Å². The highest BCUT2D eigenvalue weighted by molar-refractivity contribution is 7.47. The van der Waals surface area contributed by atoms with E-state index in [2.05, 4.69) is 32.8 Å². The zero-order chi connectivity index (χ0) is 29.6. The molecule has 0 saturated heterocycles. The Hall–Kier alpha value is 0.0700. The maximum Gasteiger partial charge on any atom is 0.472 e. The molecular weight excluding hydrogens is 517 g/mol. The van der Waals surface area contributed by atoms with Crippen molar-refractivity contribution in [3.05, 3.63) is 0 Å². The summed E-state index contributed by atoms with van der Waals surface area (Å²) in [5, 5.41) is 0. The molecule has 0 amide bonds. The van der Waals surface area contributed by atoms with Crippen molar-refractivity contribution in [2.45, 2.75) is 193 Å². The van der Waals surface area contributed by atoms with E-state index in [-0.39, 0.29) is 0 Å². The largest absolute Gasteiger partial charge is 0.472 e. The summed E-state index contributed by atoms with van der Waals surface area (Å²) < 4.78 is 22.1. The van der Waals surface area contributed by atoms with Gasteiger partial charge in [-0.3, -0.25) is 9.05 Å².